The van der Waals surface area contributed by atoms with Crippen LogP contribution in [0.2, 0.25) is 0 Å². The van der Waals surface area contributed by atoms with E-state index in [9.17, 15) is 23.5 Å². The molecular formula is C12H13F2NO4. The summed E-state index contributed by atoms with van der Waals surface area (Å²) in [6.45, 7) is 2.51. The van der Waals surface area contributed by atoms with Crippen LogP contribution in [0.5, 0.6) is 0 Å². The molecule has 0 radical (unpaired) electrons. The zero-order chi connectivity index (χ0) is 14.7. The highest BCUT2D eigenvalue weighted by molar-refractivity contribution is 5.97. The normalized spacial score (nSPS) is 13.7. The summed E-state index contributed by atoms with van der Waals surface area (Å²) in [7, 11) is 0. The number of carbonyl (C=O) groups excluding carboxylic acids is 1. The lowest BCUT2D eigenvalue weighted by Crippen LogP contribution is -2.47. The number of aliphatic hydroxyl groups is 1. The summed E-state index contributed by atoms with van der Waals surface area (Å²) in [6, 6.07) is -0.0548. The van der Waals surface area contributed by atoms with E-state index in [1.807, 2.05) is 5.32 Å². The summed E-state index contributed by atoms with van der Waals surface area (Å²) in [5, 5.41) is 19.9. The Morgan fingerprint density at radius 1 is 1.26 bits per heavy atom. The molecule has 3 N–H and O–H groups in total. The minimum Gasteiger partial charge on any atom is -0.480 e. The topological polar surface area (TPSA) is 86.6 Å². The second-order valence-corrected chi connectivity index (χ2v) is 4.11. The van der Waals surface area contributed by atoms with Crippen molar-refractivity contribution in [2.24, 2.45) is 0 Å². The molecule has 1 aromatic carbocycles. The number of halogens is 2. The van der Waals surface area contributed by atoms with Crippen molar-refractivity contribution in [3.05, 3.63) is 34.9 Å². The Hall–Kier alpha value is -2.02. The number of hydrogen-bond acceptors (Lipinski definition) is 3. The standard InChI is InChI=1S/C12H13F2NO4/c1-5-3-7(9(14)4-8(5)13)11(17)15-10(6(2)16)12(18)19/h3-4,6,10,16H,1-2H3,(H,15,17)(H,18,19). The second-order valence-electron chi connectivity index (χ2n) is 4.11. The molecule has 0 aliphatic heterocycles. The third-order valence-electron chi connectivity index (χ3n) is 2.53. The van der Waals surface area contributed by atoms with Gasteiger partial charge in [0.2, 0.25) is 0 Å². The van der Waals surface area contributed by atoms with Gasteiger partial charge in [0.1, 0.15) is 11.6 Å². The molecule has 5 nitrogen and oxygen atoms in total. The monoisotopic (exact) mass is 273 g/mol. The zero-order valence-corrected chi connectivity index (χ0v) is 10.3. The minimum absolute atomic E-state index is 0.0514. The fourth-order valence-electron chi connectivity index (χ4n) is 1.44. The molecule has 0 heterocycles. The average Bonchev–Trinajstić information content (AvgIpc) is 2.29. The minimum atomic E-state index is -1.57. The Bertz CT molecular complexity index is 517. The first-order chi connectivity index (χ1) is 8.73. The Balaban J connectivity index is 3.01. The first kappa shape index (κ1) is 15.0. The molecule has 0 saturated carbocycles. The van der Waals surface area contributed by atoms with Gasteiger partial charge < -0.3 is 15.5 Å². The highest BCUT2D eigenvalue weighted by Gasteiger charge is 2.26. The molecule has 0 fully saturated rings. The third-order valence-corrected chi connectivity index (χ3v) is 2.53. The largest absolute Gasteiger partial charge is 0.480 e. The van der Waals surface area contributed by atoms with Crippen LogP contribution < -0.4 is 5.32 Å². The lowest BCUT2D eigenvalue weighted by atomic mass is 10.1. The fraction of sp³-hybridized carbons (Fsp3) is 0.333. The van der Waals surface area contributed by atoms with E-state index in [1.54, 1.807) is 0 Å². The quantitative estimate of drug-likeness (QED) is 0.758. The van der Waals surface area contributed by atoms with Crippen molar-refractivity contribution in [3.63, 3.8) is 0 Å². The van der Waals surface area contributed by atoms with Crippen LogP contribution in [0.25, 0.3) is 0 Å². The molecule has 1 amide bonds. The molecule has 2 atom stereocenters. The van der Waals surface area contributed by atoms with Crippen LogP contribution in [0.3, 0.4) is 0 Å². The number of carbonyl (C=O) groups is 2. The van der Waals surface area contributed by atoms with Gasteiger partial charge in [-0.1, -0.05) is 0 Å². The molecule has 0 aliphatic rings. The van der Waals surface area contributed by atoms with Gasteiger partial charge in [0.05, 0.1) is 11.7 Å². The van der Waals surface area contributed by atoms with Crippen molar-refractivity contribution in [3.8, 4) is 0 Å². The van der Waals surface area contributed by atoms with Gasteiger partial charge in [-0.05, 0) is 25.5 Å². The van der Waals surface area contributed by atoms with E-state index in [1.165, 1.54) is 13.8 Å². The van der Waals surface area contributed by atoms with E-state index in [-0.39, 0.29) is 5.56 Å². The number of nitrogens with one attached hydrogen (secondary N) is 1. The molecule has 2 unspecified atom stereocenters. The average molecular weight is 273 g/mol. The Kier molecular flexibility index (Phi) is 4.55. The maximum absolute atomic E-state index is 13.4. The van der Waals surface area contributed by atoms with Gasteiger partial charge in [-0.2, -0.15) is 0 Å². The Morgan fingerprint density at radius 3 is 2.32 bits per heavy atom. The van der Waals surface area contributed by atoms with E-state index in [0.29, 0.717) is 6.07 Å². The van der Waals surface area contributed by atoms with Crippen molar-refractivity contribution < 1.29 is 28.6 Å². The highest BCUT2D eigenvalue weighted by atomic mass is 19.1. The smallest absolute Gasteiger partial charge is 0.328 e. The number of amides is 1. The van der Waals surface area contributed by atoms with E-state index in [2.05, 4.69) is 0 Å². The second kappa shape index (κ2) is 5.75. The lowest BCUT2D eigenvalue weighted by Gasteiger charge is -2.17. The lowest BCUT2D eigenvalue weighted by molar-refractivity contribution is -0.141. The number of hydrogen-bond donors (Lipinski definition) is 3. The molecule has 0 aliphatic carbocycles. The Morgan fingerprint density at radius 2 is 1.84 bits per heavy atom. The van der Waals surface area contributed by atoms with Gasteiger partial charge in [0, 0.05) is 6.07 Å². The number of benzene rings is 1. The number of carboxylic acid groups (broad SMARTS) is 1. The first-order valence-corrected chi connectivity index (χ1v) is 5.41. The van der Waals surface area contributed by atoms with Crippen LogP contribution >= 0.6 is 0 Å². The number of carboxylic acids is 1. The summed E-state index contributed by atoms with van der Waals surface area (Å²) < 4.78 is 26.5. The SMILES string of the molecule is Cc1cc(C(=O)NC(C(=O)O)C(C)O)c(F)cc1F. The predicted molar refractivity (Wildman–Crippen MR) is 61.7 cm³/mol. The van der Waals surface area contributed by atoms with E-state index < -0.39 is 41.2 Å². The molecule has 0 aromatic heterocycles. The predicted octanol–water partition coefficient (Wildman–Crippen LogP) is 0.837. The summed E-state index contributed by atoms with van der Waals surface area (Å²) >= 11 is 0. The van der Waals surface area contributed by atoms with Crippen LogP contribution in [-0.2, 0) is 4.79 Å². The number of aryl methyl sites for hydroxylation is 1. The molecular weight excluding hydrogens is 260 g/mol. The van der Waals surface area contributed by atoms with E-state index in [4.69, 9.17) is 5.11 Å². The van der Waals surface area contributed by atoms with E-state index in [0.717, 1.165) is 6.07 Å². The van der Waals surface area contributed by atoms with Gasteiger partial charge >= 0.3 is 5.97 Å². The van der Waals surface area contributed by atoms with Crippen LogP contribution in [0, 0.1) is 18.6 Å². The molecule has 104 valence electrons. The van der Waals surface area contributed by atoms with Crippen molar-refractivity contribution in [1.82, 2.24) is 5.32 Å². The van der Waals surface area contributed by atoms with E-state index >= 15 is 0 Å². The Labute approximate surface area is 107 Å². The first-order valence-electron chi connectivity index (χ1n) is 5.41. The molecule has 0 saturated heterocycles. The van der Waals surface area contributed by atoms with Crippen LogP contribution in [0.15, 0.2) is 12.1 Å². The van der Waals surface area contributed by atoms with Gasteiger partial charge in [-0.3, -0.25) is 4.79 Å². The van der Waals surface area contributed by atoms with Crippen molar-refractivity contribution in [2.45, 2.75) is 26.0 Å². The maximum Gasteiger partial charge on any atom is 0.328 e. The molecule has 1 aromatic rings. The van der Waals surface area contributed by atoms with Crippen molar-refractivity contribution in [1.29, 1.82) is 0 Å². The number of aliphatic hydroxyl groups excluding tert-OH is 1. The maximum atomic E-state index is 13.4. The summed E-state index contributed by atoms with van der Waals surface area (Å²) in [6.07, 6.45) is -1.36. The third kappa shape index (κ3) is 3.47. The summed E-state index contributed by atoms with van der Waals surface area (Å²) in [5.74, 6) is -4.40. The molecule has 1 rings (SSSR count). The fourth-order valence-corrected chi connectivity index (χ4v) is 1.44. The molecule has 0 bridgehead atoms. The summed E-state index contributed by atoms with van der Waals surface area (Å²) in [5.41, 5.74) is -0.429. The van der Waals surface area contributed by atoms with Crippen LogP contribution in [0.1, 0.15) is 22.8 Å². The van der Waals surface area contributed by atoms with Gasteiger partial charge in [0.25, 0.3) is 5.91 Å². The van der Waals surface area contributed by atoms with Crippen LogP contribution in [0.4, 0.5) is 8.78 Å². The van der Waals surface area contributed by atoms with Gasteiger partial charge in [0.15, 0.2) is 6.04 Å². The van der Waals surface area contributed by atoms with Gasteiger partial charge in [-0.15, -0.1) is 0 Å². The molecule has 19 heavy (non-hydrogen) atoms. The van der Waals surface area contributed by atoms with Crippen LogP contribution in [-0.4, -0.2) is 34.2 Å². The number of aliphatic carboxylic acids is 1. The molecule has 0 spiro atoms. The highest BCUT2D eigenvalue weighted by Crippen LogP contribution is 2.14. The van der Waals surface area contributed by atoms with Gasteiger partial charge in [-0.25, -0.2) is 13.6 Å². The van der Waals surface area contributed by atoms with Crippen molar-refractivity contribution >= 4 is 11.9 Å². The number of rotatable bonds is 4. The summed E-state index contributed by atoms with van der Waals surface area (Å²) in [4.78, 5) is 22.5. The van der Waals surface area contributed by atoms with Crippen molar-refractivity contribution in [2.75, 3.05) is 0 Å². The zero-order valence-electron chi connectivity index (χ0n) is 10.3. The molecule has 7 heteroatoms.